The van der Waals surface area contributed by atoms with Gasteiger partial charge in [0.1, 0.15) is 0 Å². The first-order valence-electron chi connectivity index (χ1n) is 7.78. The maximum atomic E-state index is 12.7. The third-order valence-corrected chi connectivity index (χ3v) is 3.19. The van der Waals surface area contributed by atoms with Crippen molar-refractivity contribution in [3.05, 3.63) is 30.3 Å². The number of alkyl halides is 9. The Morgan fingerprint density at radius 3 is 1.70 bits per heavy atom. The Morgan fingerprint density at radius 1 is 0.733 bits per heavy atom. The summed E-state index contributed by atoms with van der Waals surface area (Å²) in [6.07, 6.45) is -23.6. The maximum Gasteiger partial charge on any atom is 0.434 e. The average Bonchev–Trinajstić information content (AvgIpc) is 2.57. The van der Waals surface area contributed by atoms with E-state index in [1.54, 1.807) is 6.07 Å². The van der Waals surface area contributed by atoms with Crippen LogP contribution in [0.5, 0.6) is 12.0 Å². The minimum atomic E-state index is -5.90. The van der Waals surface area contributed by atoms with E-state index in [1.807, 2.05) is 0 Å². The number of nitrogens with zero attached hydrogens (tertiary/aromatic N) is 3. The number of aromatic nitrogens is 3. The molecule has 6 nitrogen and oxygen atoms in total. The number of rotatable bonds is 6. The molecule has 1 N–H and O–H groups in total. The second-order valence-corrected chi connectivity index (χ2v) is 5.60. The number of halogens is 9. The van der Waals surface area contributed by atoms with Crippen LogP contribution in [0.2, 0.25) is 0 Å². The molecule has 0 amide bonds. The molecule has 1 heterocycles. The summed E-state index contributed by atoms with van der Waals surface area (Å²) in [6.45, 7) is 0.531. The van der Waals surface area contributed by atoms with Crippen LogP contribution in [0.4, 0.5) is 51.1 Å². The molecule has 2 rings (SSSR count). The average molecular weight is 450 g/mol. The molecule has 1 unspecified atom stereocenters. The summed E-state index contributed by atoms with van der Waals surface area (Å²) in [5.74, 6) is -0.710. The van der Waals surface area contributed by atoms with Crippen molar-refractivity contribution in [2.45, 2.75) is 37.7 Å². The van der Waals surface area contributed by atoms with Crippen LogP contribution in [0.25, 0.3) is 0 Å². The molecule has 0 fully saturated rings. The van der Waals surface area contributed by atoms with Crippen LogP contribution in [-0.2, 0) is 0 Å². The van der Waals surface area contributed by atoms with Crippen molar-refractivity contribution in [1.82, 2.24) is 15.0 Å². The topological polar surface area (TPSA) is 69.2 Å². The zero-order valence-corrected chi connectivity index (χ0v) is 14.6. The molecule has 15 heteroatoms. The van der Waals surface area contributed by atoms with Gasteiger partial charge in [-0.25, -0.2) is 0 Å². The molecule has 30 heavy (non-hydrogen) atoms. The summed E-state index contributed by atoms with van der Waals surface area (Å²) in [7, 11) is 0. The standard InChI is InChI=1S/C15H11F9N4O2/c1-7(13(16,17)18)29-11-26-10(25-8-5-3-2-4-6-8)27-12(28-11)30-9(14(19,20)21)15(22,23)24/h2-7,9H,1H3,(H,25,26,27,28). The third-order valence-electron chi connectivity index (χ3n) is 3.19. The van der Waals surface area contributed by atoms with Crippen molar-refractivity contribution < 1.29 is 49.0 Å². The zero-order valence-electron chi connectivity index (χ0n) is 14.6. The second-order valence-electron chi connectivity index (χ2n) is 5.60. The van der Waals surface area contributed by atoms with E-state index in [4.69, 9.17) is 0 Å². The fourth-order valence-electron chi connectivity index (χ4n) is 1.80. The summed E-state index contributed by atoms with van der Waals surface area (Å²) in [5.41, 5.74) is 0.215. The number of hydrogen-bond donors (Lipinski definition) is 1. The van der Waals surface area contributed by atoms with Crippen molar-refractivity contribution in [2.75, 3.05) is 5.32 Å². The largest absolute Gasteiger partial charge is 0.451 e. The van der Waals surface area contributed by atoms with Gasteiger partial charge in [0.05, 0.1) is 0 Å². The fraction of sp³-hybridized carbons (Fsp3) is 0.400. The summed E-state index contributed by atoms with van der Waals surface area (Å²) in [6, 6.07) is 4.68. The molecule has 166 valence electrons. The fourth-order valence-corrected chi connectivity index (χ4v) is 1.80. The summed E-state index contributed by atoms with van der Waals surface area (Å²) >= 11 is 0. The summed E-state index contributed by atoms with van der Waals surface area (Å²) in [4.78, 5) is 9.65. The van der Waals surface area contributed by atoms with Gasteiger partial charge in [-0.1, -0.05) is 18.2 Å². The third kappa shape index (κ3) is 6.52. The van der Waals surface area contributed by atoms with Crippen molar-refractivity contribution in [1.29, 1.82) is 0 Å². The molecule has 1 aromatic carbocycles. The van der Waals surface area contributed by atoms with Crippen LogP contribution < -0.4 is 14.8 Å². The van der Waals surface area contributed by atoms with Gasteiger partial charge in [0.25, 0.3) is 6.10 Å². The van der Waals surface area contributed by atoms with Crippen molar-refractivity contribution in [3.8, 4) is 12.0 Å². The first kappa shape index (κ1) is 23.3. The number of ether oxygens (including phenoxy) is 2. The van der Waals surface area contributed by atoms with Crippen LogP contribution in [0.15, 0.2) is 30.3 Å². The van der Waals surface area contributed by atoms with Gasteiger partial charge in [0.2, 0.25) is 5.95 Å². The minimum Gasteiger partial charge on any atom is -0.451 e. The van der Waals surface area contributed by atoms with Gasteiger partial charge in [-0.15, -0.1) is 4.98 Å². The smallest absolute Gasteiger partial charge is 0.434 e. The highest BCUT2D eigenvalue weighted by Gasteiger charge is 2.59. The van der Waals surface area contributed by atoms with Gasteiger partial charge >= 0.3 is 30.5 Å². The Morgan fingerprint density at radius 2 is 1.23 bits per heavy atom. The molecule has 0 saturated heterocycles. The summed E-state index contributed by atoms with van der Waals surface area (Å²) in [5, 5.41) is 2.38. The van der Waals surface area contributed by atoms with E-state index in [0.29, 0.717) is 6.92 Å². The van der Waals surface area contributed by atoms with E-state index in [0.717, 1.165) is 0 Å². The van der Waals surface area contributed by atoms with Gasteiger partial charge in [0.15, 0.2) is 6.10 Å². The van der Waals surface area contributed by atoms with Gasteiger partial charge in [-0.3, -0.25) is 0 Å². The number of para-hydroxylation sites is 1. The predicted molar refractivity (Wildman–Crippen MR) is 82.2 cm³/mol. The highest BCUT2D eigenvalue weighted by molar-refractivity contribution is 5.52. The minimum absolute atomic E-state index is 0.215. The Balaban J connectivity index is 2.42. The lowest BCUT2D eigenvalue weighted by molar-refractivity contribution is -0.301. The maximum absolute atomic E-state index is 12.7. The summed E-state index contributed by atoms with van der Waals surface area (Å²) < 4.78 is 122. The molecule has 0 aliphatic rings. The van der Waals surface area contributed by atoms with E-state index in [2.05, 4.69) is 29.7 Å². The SMILES string of the molecule is CC(Oc1nc(Nc2ccccc2)nc(OC(C(F)(F)F)C(F)(F)F)n1)C(F)(F)F. The lowest BCUT2D eigenvalue weighted by atomic mass is 10.3. The van der Waals surface area contributed by atoms with Crippen molar-refractivity contribution in [3.63, 3.8) is 0 Å². The van der Waals surface area contributed by atoms with E-state index >= 15 is 0 Å². The Labute approximate surface area is 162 Å². The Bertz CT molecular complexity index is 827. The molecule has 1 atom stereocenters. The molecule has 0 spiro atoms. The van der Waals surface area contributed by atoms with Crippen LogP contribution in [-0.4, -0.2) is 45.7 Å². The molecule has 0 aliphatic carbocycles. The molecule has 1 aromatic heterocycles. The van der Waals surface area contributed by atoms with E-state index in [-0.39, 0.29) is 5.69 Å². The van der Waals surface area contributed by atoms with Gasteiger partial charge in [-0.05, 0) is 19.1 Å². The predicted octanol–water partition coefficient (Wildman–Crippen LogP) is 4.82. The van der Waals surface area contributed by atoms with Crippen LogP contribution in [0, 0.1) is 0 Å². The molecule has 2 aromatic rings. The van der Waals surface area contributed by atoms with Crippen molar-refractivity contribution >= 4 is 11.6 Å². The number of anilines is 2. The lowest BCUT2D eigenvalue weighted by Gasteiger charge is -2.23. The quantitative estimate of drug-likeness (QED) is 0.637. The van der Waals surface area contributed by atoms with E-state index < -0.39 is 48.7 Å². The molecule has 0 saturated carbocycles. The molecule has 0 bridgehead atoms. The molecular weight excluding hydrogens is 439 g/mol. The van der Waals surface area contributed by atoms with Crippen LogP contribution in [0.1, 0.15) is 6.92 Å². The Hall–Kier alpha value is -3.00. The molecular formula is C15H11F9N4O2. The number of hydrogen-bond acceptors (Lipinski definition) is 6. The Kier molecular flexibility index (Phi) is 6.51. The second kappa shape index (κ2) is 8.39. The van der Waals surface area contributed by atoms with Gasteiger partial charge in [-0.2, -0.15) is 49.5 Å². The first-order valence-corrected chi connectivity index (χ1v) is 7.78. The van der Waals surface area contributed by atoms with Gasteiger partial charge in [0, 0.05) is 5.69 Å². The van der Waals surface area contributed by atoms with Crippen LogP contribution in [0.3, 0.4) is 0 Å². The molecule has 0 radical (unpaired) electrons. The molecule has 0 aliphatic heterocycles. The van der Waals surface area contributed by atoms with Gasteiger partial charge < -0.3 is 14.8 Å². The highest BCUT2D eigenvalue weighted by atomic mass is 19.4. The number of benzene rings is 1. The zero-order chi connectivity index (χ0) is 22.7. The monoisotopic (exact) mass is 450 g/mol. The highest BCUT2D eigenvalue weighted by Crippen LogP contribution is 2.36. The van der Waals surface area contributed by atoms with Crippen LogP contribution >= 0.6 is 0 Å². The van der Waals surface area contributed by atoms with Crippen molar-refractivity contribution in [2.24, 2.45) is 0 Å². The lowest BCUT2D eigenvalue weighted by Crippen LogP contribution is -2.47. The normalized spacial score (nSPS) is 13.8. The van der Waals surface area contributed by atoms with E-state index in [9.17, 15) is 39.5 Å². The number of nitrogens with one attached hydrogen (secondary N) is 1. The first-order chi connectivity index (χ1) is 13.7. The van der Waals surface area contributed by atoms with E-state index in [1.165, 1.54) is 24.3 Å².